The molecule has 1 aromatic heterocycles. The van der Waals surface area contributed by atoms with Crippen LogP contribution in [-0.4, -0.2) is 47.4 Å². The van der Waals surface area contributed by atoms with Crippen LogP contribution < -0.4 is 10.6 Å². The first-order valence-corrected chi connectivity index (χ1v) is 10.2. The van der Waals surface area contributed by atoms with Gasteiger partial charge in [0.2, 0.25) is 11.8 Å². The zero-order valence-corrected chi connectivity index (χ0v) is 17.0. The van der Waals surface area contributed by atoms with Gasteiger partial charge in [-0.15, -0.1) is 0 Å². The van der Waals surface area contributed by atoms with Gasteiger partial charge in [-0.05, 0) is 36.1 Å². The Bertz CT molecular complexity index is 890. The van der Waals surface area contributed by atoms with Crippen LogP contribution >= 0.6 is 0 Å². The Balaban J connectivity index is 1.54. The maximum Gasteiger partial charge on any atom is 0.416 e. The Morgan fingerprint density at radius 3 is 2.77 bits per heavy atom. The van der Waals surface area contributed by atoms with Crippen molar-refractivity contribution in [1.29, 1.82) is 0 Å². The molecular weight excluding hydrogens is 409 g/mol. The summed E-state index contributed by atoms with van der Waals surface area (Å²) < 4.78 is 38.9. The number of nitrogens with one attached hydrogen (secondary N) is 2. The smallest absolute Gasteiger partial charge is 0.356 e. The minimum Gasteiger partial charge on any atom is -0.356 e. The third-order valence-electron chi connectivity index (χ3n) is 5.15. The van der Waals surface area contributed by atoms with Crippen LogP contribution in [0.4, 0.5) is 13.2 Å². The van der Waals surface area contributed by atoms with E-state index in [-0.39, 0.29) is 24.8 Å². The summed E-state index contributed by atoms with van der Waals surface area (Å²) in [6.45, 7) is 1.48. The van der Waals surface area contributed by atoms with Gasteiger partial charge in [0.1, 0.15) is 0 Å². The summed E-state index contributed by atoms with van der Waals surface area (Å²) in [5.41, 5.74) is 0.802. The maximum absolute atomic E-state index is 13.0. The van der Waals surface area contributed by atoms with Crippen LogP contribution in [0.25, 0.3) is 0 Å². The van der Waals surface area contributed by atoms with Crippen LogP contribution in [-0.2, 0) is 28.7 Å². The number of nitrogens with zero attached hydrogens (tertiary/aromatic N) is 2. The Labute approximate surface area is 178 Å². The van der Waals surface area contributed by atoms with Crippen molar-refractivity contribution in [3.63, 3.8) is 0 Å². The second-order valence-electron chi connectivity index (χ2n) is 7.49. The van der Waals surface area contributed by atoms with E-state index in [1.807, 2.05) is 12.1 Å². The monoisotopic (exact) mass is 434 g/mol. The van der Waals surface area contributed by atoms with Gasteiger partial charge in [0, 0.05) is 38.6 Å². The lowest BCUT2D eigenvalue weighted by Crippen LogP contribution is -2.56. The summed E-state index contributed by atoms with van der Waals surface area (Å²) in [5.74, 6) is -0.550. The number of halogens is 3. The van der Waals surface area contributed by atoms with Gasteiger partial charge in [0.15, 0.2) is 0 Å². The van der Waals surface area contributed by atoms with Crippen LogP contribution in [0, 0.1) is 0 Å². The van der Waals surface area contributed by atoms with Gasteiger partial charge in [-0.2, -0.15) is 13.2 Å². The second kappa shape index (κ2) is 10.4. The molecule has 0 radical (unpaired) electrons. The lowest BCUT2D eigenvalue weighted by atomic mass is 10.0. The van der Waals surface area contributed by atoms with Crippen molar-refractivity contribution in [2.24, 2.45) is 0 Å². The van der Waals surface area contributed by atoms with E-state index in [2.05, 4.69) is 15.6 Å². The molecule has 1 aliphatic heterocycles. The van der Waals surface area contributed by atoms with Crippen LogP contribution in [0.2, 0.25) is 0 Å². The van der Waals surface area contributed by atoms with Crippen LogP contribution in [0.15, 0.2) is 48.8 Å². The number of aromatic nitrogens is 1. The first-order valence-electron chi connectivity index (χ1n) is 10.2. The minimum absolute atomic E-state index is 0.0440. The standard InChI is InChI=1S/C22H25F3N4O2/c23-22(24,25)18-7-1-4-17(12-18)15-29-11-10-28-21(31)19(29)13-20(30)27-9-3-6-16-5-2-8-26-14-16/h1-2,4-5,7-8,12,14,19H,3,6,9-11,13,15H2,(H,27,30)(H,28,31). The van der Waals surface area contributed by atoms with E-state index < -0.39 is 17.8 Å². The summed E-state index contributed by atoms with van der Waals surface area (Å²) in [6.07, 6.45) is 0.523. The third kappa shape index (κ3) is 6.78. The fraction of sp³-hybridized carbons (Fsp3) is 0.409. The molecule has 1 saturated heterocycles. The van der Waals surface area contributed by atoms with Gasteiger partial charge in [0.05, 0.1) is 18.0 Å². The van der Waals surface area contributed by atoms with Crippen LogP contribution in [0.3, 0.4) is 0 Å². The van der Waals surface area contributed by atoms with E-state index in [0.717, 1.165) is 30.5 Å². The molecule has 2 heterocycles. The Morgan fingerprint density at radius 2 is 2.03 bits per heavy atom. The fourth-order valence-electron chi connectivity index (χ4n) is 3.57. The van der Waals surface area contributed by atoms with E-state index >= 15 is 0 Å². The molecule has 166 valence electrons. The van der Waals surface area contributed by atoms with Crippen molar-refractivity contribution in [3.05, 3.63) is 65.5 Å². The summed E-state index contributed by atoms with van der Waals surface area (Å²) in [7, 11) is 0. The highest BCUT2D eigenvalue weighted by Gasteiger charge is 2.33. The lowest BCUT2D eigenvalue weighted by molar-refractivity contribution is -0.137. The molecule has 0 aliphatic carbocycles. The largest absolute Gasteiger partial charge is 0.416 e. The van der Waals surface area contributed by atoms with Crippen LogP contribution in [0.1, 0.15) is 29.5 Å². The number of alkyl halides is 3. The number of hydrogen-bond donors (Lipinski definition) is 2. The SMILES string of the molecule is O=C(CC1C(=O)NCCN1Cc1cccc(C(F)(F)F)c1)NCCCc1cccnc1. The zero-order valence-electron chi connectivity index (χ0n) is 17.0. The molecule has 1 aliphatic rings. The molecule has 1 atom stereocenters. The molecule has 2 N–H and O–H groups in total. The highest BCUT2D eigenvalue weighted by Crippen LogP contribution is 2.30. The number of carbonyl (C=O) groups excluding carboxylic acids is 2. The van der Waals surface area contributed by atoms with E-state index in [0.29, 0.717) is 25.2 Å². The molecule has 0 bridgehead atoms. The molecule has 31 heavy (non-hydrogen) atoms. The summed E-state index contributed by atoms with van der Waals surface area (Å²) in [6, 6.07) is 8.15. The van der Waals surface area contributed by atoms with E-state index in [1.54, 1.807) is 23.4 Å². The molecule has 1 aromatic carbocycles. The van der Waals surface area contributed by atoms with Gasteiger partial charge in [-0.1, -0.05) is 24.3 Å². The van der Waals surface area contributed by atoms with Crippen molar-refractivity contribution in [2.75, 3.05) is 19.6 Å². The van der Waals surface area contributed by atoms with Crippen molar-refractivity contribution in [3.8, 4) is 0 Å². The molecule has 0 spiro atoms. The third-order valence-corrected chi connectivity index (χ3v) is 5.15. The molecular formula is C22H25F3N4O2. The average molecular weight is 434 g/mol. The first-order chi connectivity index (χ1) is 14.8. The lowest BCUT2D eigenvalue weighted by Gasteiger charge is -2.34. The first kappa shape index (κ1) is 22.7. The predicted octanol–water partition coefficient (Wildman–Crippen LogP) is 2.54. The Hall–Kier alpha value is -2.94. The number of pyridine rings is 1. The van der Waals surface area contributed by atoms with Crippen molar-refractivity contribution in [2.45, 2.75) is 38.0 Å². The fourth-order valence-corrected chi connectivity index (χ4v) is 3.57. The molecule has 0 saturated carbocycles. The van der Waals surface area contributed by atoms with E-state index in [9.17, 15) is 22.8 Å². The van der Waals surface area contributed by atoms with Gasteiger partial charge in [-0.25, -0.2) is 0 Å². The molecule has 1 fully saturated rings. The quantitative estimate of drug-likeness (QED) is 0.627. The maximum atomic E-state index is 13.0. The number of carbonyl (C=O) groups is 2. The number of amides is 2. The molecule has 6 nitrogen and oxygen atoms in total. The highest BCUT2D eigenvalue weighted by atomic mass is 19.4. The number of hydrogen-bond acceptors (Lipinski definition) is 4. The highest BCUT2D eigenvalue weighted by molar-refractivity contribution is 5.88. The molecule has 2 amide bonds. The van der Waals surface area contributed by atoms with E-state index in [4.69, 9.17) is 0 Å². The van der Waals surface area contributed by atoms with Gasteiger partial charge in [0.25, 0.3) is 0 Å². The number of rotatable bonds is 8. The van der Waals surface area contributed by atoms with Gasteiger partial charge >= 0.3 is 6.18 Å². The van der Waals surface area contributed by atoms with Gasteiger partial charge < -0.3 is 10.6 Å². The number of aryl methyl sites for hydroxylation is 1. The predicted molar refractivity (Wildman–Crippen MR) is 109 cm³/mol. The summed E-state index contributed by atoms with van der Waals surface area (Å²) in [5, 5.41) is 5.55. The average Bonchev–Trinajstić information content (AvgIpc) is 2.74. The molecule has 9 heteroatoms. The van der Waals surface area contributed by atoms with Crippen molar-refractivity contribution >= 4 is 11.8 Å². The van der Waals surface area contributed by atoms with Crippen LogP contribution in [0.5, 0.6) is 0 Å². The van der Waals surface area contributed by atoms with E-state index in [1.165, 1.54) is 6.07 Å². The summed E-state index contributed by atoms with van der Waals surface area (Å²) >= 11 is 0. The second-order valence-corrected chi connectivity index (χ2v) is 7.49. The number of benzene rings is 1. The molecule has 1 unspecified atom stereocenters. The number of piperazine rings is 1. The topological polar surface area (TPSA) is 74.3 Å². The molecule has 3 rings (SSSR count). The minimum atomic E-state index is -4.43. The summed E-state index contributed by atoms with van der Waals surface area (Å²) in [4.78, 5) is 30.5. The zero-order chi connectivity index (χ0) is 22.3. The Kier molecular flexibility index (Phi) is 7.62. The Morgan fingerprint density at radius 1 is 1.23 bits per heavy atom. The molecule has 2 aromatic rings. The van der Waals surface area contributed by atoms with Gasteiger partial charge in [-0.3, -0.25) is 19.5 Å². The van der Waals surface area contributed by atoms with Crippen molar-refractivity contribution < 1.29 is 22.8 Å². The normalized spacial score (nSPS) is 17.3. The van der Waals surface area contributed by atoms with Crippen molar-refractivity contribution in [1.82, 2.24) is 20.5 Å².